The number of nitrogens with zero attached hydrogens (tertiary/aromatic N) is 2. The number of aryl methyl sites for hydroxylation is 1. The maximum Gasteiger partial charge on any atom is 0.257 e. The van der Waals surface area contributed by atoms with Gasteiger partial charge in [-0.25, -0.2) is 13.9 Å². The van der Waals surface area contributed by atoms with Crippen molar-refractivity contribution in [2.24, 2.45) is 5.92 Å². The number of nitrogens with one attached hydrogen (secondary N) is 1. The van der Waals surface area contributed by atoms with Gasteiger partial charge in [0.15, 0.2) is 9.84 Å². The Balaban J connectivity index is 1.32. The zero-order valence-electron chi connectivity index (χ0n) is 21.1. The number of ether oxygens (including phenoxy) is 1. The normalized spacial score (nSPS) is 17.3. The fourth-order valence-corrected chi connectivity index (χ4v) is 6.60. The predicted molar refractivity (Wildman–Crippen MR) is 141 cm³/mol. The van der Waals surface area contributed by atoms with Gasteiger partial charge in [-0.15, -0.1) is 0 Å². The number of hydrogen-bond donors (Lipinski definition) is 2. The molecule has 0 aliphatic carbocycles. The third-order valence-electron chi connectivity index (χ3n) is 6.92. The van der Waals surface area contributed by atoms with Gasteiger partial charge in [-0.2, -0.15) is 0 Å². The number of fused-ring (bicyclic) bond motifs is 1. The molecule has 4 aromatic rings. The lowest BCUT2D eigenvalue weighted by Crippen LogP contribution is -2.46. The van der Waals surface area contributed by atoms with Crippen LogP contribution in [0.5, 0.6) is 5.75 Å². The number of hydroxylamine groups is 1. The second-order valence-corrected chi connectivity index (χ2v) is 11.5. The summed E-state index contributed by atoms with van der Waals surface area (Å²) in [6.07, 6.45) is 2.82. The highest BCUT2D eigenvalue weighted by Crippen LogP contribution is 2.30. The van der Waals surface area contributed by atoms with E-state index in [1.807, 2.05) is 37.3 Å². The topological polar surface area (TPSA) is 139 Å². The fourth-order valence-electron chi connectivity index (χ4n) is 4.99. The van der Waals surface area contributed by atoms with E-state index in [1.165, 1.54) is 35.6 Å². The van der Waals surface area contributed by atoms with Crippen molar-refractivity contribution in [1.29, 1.82) is 0 Å². The van der Waals surface area contributed by atoms with Crippen molar-refractivity contribution in [1.82, 2.24) is 15.4 Å². The third-order valence-corrected chi connectivity index (χ3v) is 8.69. The predicted octanol–water partition coefficient (Wildman–Crippen LogP) is 3.53. The lowest BCUT2D eigenvalue weighted by atomic mass is 10.0. The molecule has 3 heterocycles. The molecule has 5 rings (SSSR count). The summed E-state index contributed by atoms with van der Waals surface area (Å²) in [5.74, 6) is -2.07. The zero-order valence-corrected chi connectivity index (χ0v) is 21.9. The van der Waals surface area contributed by atoms with Crippen LogP contribution in [-0.2, 0) is 21.2 Å². The quantitative estimate of drug-likeness (QED) is 0.251. The average Bonchev–Trinajstić information content (AvgIpc) is 3.62. The molecule has 0 unspecified atom stereocenters. The maximum absolute atomic E-state index is 13.4. The summed E-state index contributed by atoms with van der Waals surface area (Å²) in [7, 11) is -3.91. The van der Waals surface area contributed by atoms with Crippen LogP contribution in [0.25, 0.3) is 10.9 Å². The molecule has 11 heteroatoms. The molecule has 0 saturated carbocycles. The number of carbonyl (C=O) groups excluding carboxylic acids is 2. The lowest BCUT2D eigenvalue weighted by Gasteiger charge is -2.27. The standard InChI is InChI=1S/C28H27N3O7S/c1-18-14-20(23-4-2-3-5-25(23)29-18)16-38-21-6-8-22(9-7-21)39(35,36)17-26-24(27(32)30-34)10-12-31(26)28(33)19-11-13-37-15-19/h2-9,11,13-15,24,26,34H,10,12,16-17H2,1H3,(H,30,32)/t24-,26-/m0/s1. The molecule has 10 nitrogen and oxygen atoms in total. The lowest BCUT2D eigenvalue weighted by molar-refractivity contribution is -0.133. The van der Waals surface area contributed by atoms with Gasteiger partial charge in [-0.05, 0) is 55.8 Å². The molecular formula is C28H27N3O7S. The van der Waals surface area contributed by atoms with Crippen LogP contribution in [0.2, 0.25) is 0 Å². The Hall–Kier alpha value is -4.22. The largest absolute Gasteiger partial charge is 0.489 e. The van der Waals surface area contributed by atoms with E-state index in [0.717, 1.165) is 22.2 Å². The number of hydrogen-bond acceptors (Lipinski definition) is 8. The van der Waals surface area contributed by atoms with Gasteiger partial charge >= 0.3 is 0 Å². The van der Waals surface area contributed by atoms with Crippen molar-refractivity contribution >= 4 is 32.6 Å². The maximum atomic E-state index is 13.4. The van der Waals surface area contributed by atoms with Gasteiger partial charge in [0, 0.05) is 23.2 Å². The van der Waals surface area contributed by atoms with Gasteiger partial charge in [-0.3, -0.25) is 19.8 Å². The number of amides is 2. The second-order valence-electron chi connectivity index (χ2n) is 9.43. The minimum absolute atomic E-state index is 0.0332. The first kappa shape index (κ1) is 26.4. The van der Waals surface area contributed by atoms with Crippen LogP contribution >= 0.6 is 0 Å². The van der Waals surface area contributed by atoms with Gasteiger partial charge < -0.3 is 14.1 Å². The van der Waals surface area contributed by atoms with Crippen molar-refractivity contribution in [2.45, 2.75) is 30.9 Å². The van der Waals surface area contributed by atoms with Gasteiger partial charge in [0.2, 0.25) is 5.91 Å². The number of likely N-dealkylation sites (tertiary alicyclic amines) is 1. The summed E-state index contributed by atoms with van der Waals surface area (Å²) in [5, 5.41) is 10.2. The minimum atomic E-state index is -3.91. The molecule has 0 bridgehead atoms. The molecule has 39 heavy (non-hydrogen) atoms. The van der Waals surface area contributed by atoms with Crippen molar-refractivity contribution in [3.05, 3.63) is 90.0 Å². The van der Waals surface area contributed by atoms with E-state index < -0.39 is 39.4 Å². The Morgan fingerprint density at radius 2 is 1.92 bits per heavy atom. The van der Waals surface area contributed by atoms with Crippen LogP contribution in [0.1, 0.15) is 28.0 Å². The van der Waals surface area contributed by atoms with Crippen LogP contribution in [-0.4, -0.2) is 53.7 Å². The van der Waals surface area contributed by atoms with E-state index in [-0.39, 0.29) is 30.0 Å². The van der Waals surface area contributed by atoms with E-state index in [0.29, 0.717) is 5.75 Å². The number of carbonyl (C=O) groups is 2. The summed E-state index contributed by atoms with van der Waals surface area (Å²) in [4.78, 5) is 31.2. The number of pyridine rings is 1. The summed E-state index contributed by atoms with van der Waals surface area (Å²) in [5.41, 5.74) is 4.55. The van der Waals surface area contributed by atoms with Crippen LogP contribution in [0.15, 0.2) is 82.5 Å². The fraction of sp³-hybridized carbons (Fsp3) is 0.250. The van der Waals surface area contributed by atoms with Crippen molar-refractivity contribution in [3.63, 3.8) is 0 Å². The van der Waals surface area contributed by atoms with Crippen molar-refractivity contribution < 1.29 is 32.4 Å². The number of rotatable bonds is 8. The number of furan rings is 1. The van der Waals surface area contributed by atoms with Crippen LogP contribution in [0, 0.1) is 12.8 Å². The second kappa shape index (κ2) is 10.9. The number of aromatic nitrogens is 1. The third kappa shape index (κ3) is 5.50. The summed E-state index contributed by atoms with van der Waals surface area (Å²) < 4.78 is 37.7. The van der Waals surface area contributed by atoms with E-state index in [1.54, 1.807) is 17.6 Å². The van der Waals surface area contributed by atoms with Crippen LogP contribution < -0.4 is 10.2 Å². The highest BCUT2D eigenvalue weighted by molar-refractivity contribution is 7.91. The first-order valence-electron chi connectivity index (χ1n) is 12.3. The Morgan fingerprint density at radius 1 is 1.15 bits per heavy atom. The molecule has 2 amide bonds. The molecule has 1 aliphatic rings. The molecule has 2 aromatic heterocycles. The molecule has 0 radical (unpaired) electrons. The van der Waals surface area contributed by atoms with Gasteiger partial charge in [0.1, 0.15) is 18.6 Å². The summed E-state index contributed by atoms with van der Waals surface area (Å²) >= 11 is 0. The Morgan fingerprint density at radius 3 is 2.64 bits per heavy atom. The molecular weight excluding hydrogens is 522 g/mol. The Bertz CT molecular complexity index is 1600. The first-order valence-corrected chi connectivity index (χ1v) is 14.0. The van der Waals surface area contributed by atoms with Crippen LogP contribution in [0.4, 0.5) is 0 Å². The molecule has 0 spiro atoms. The molecule has 1 saturated heterocycles. The van der Waals surface area contributed by atoms with Crippen molar-refractivity contribution in [2.75, 3.05) is 12.3 Å². The molecule has 1 aliphatic heterocycles. The molecule has 202 valence electrons. The monoisotopic (exact) mass is 549 g/mol. The minimum Gasteiger partial charge on any atom is -0.489 e. The smallest absolute Gasteiger partial charge is 0.257 e. The van der Waals surface area contributed by atoms with E-state index in [2.05, 4.69) is 4.98 Å². The highest BCUT2D eigenvalue weighted by Gasteiger charge is 2.44. The Labute approximate surface area is 225 Å². The summed E-state index contributed by atoms with van der Waals surface area (Å²) in [6.45, 7) is 2.36. The number of para-hydroxylation sites is 1. The van der Waals surface area contributed by atoms with E-state index in [4.69, 9.17) is 9.15 Å². The first-order chi connectivity index (χ1) is 18.8. The van der Waals surface area contributed by atoms with Gasteiger partial charge in [0.05, 0.1) is 40.0 Å². The van der Waals surface area contributed by atoms with Crippen molar-refractivity contribution in [3.8, 4) is 5.75 Å². The molecule has 2 aromatic carbocycles. The number of benzene rings is 2. The molecule has 2 atom stereocenters. The number of sulfone groups is 1. The summed E-state index contributed by atoms with van der Waals surface area (Å²) in [6, 6.07) is 16.3. The molecule has 1 fully saturated rings. The Kier molecular flexibility index (Phi) is 7.36. The van der Waals surface area contributed by atoms with E-state index >= 15 is 0 Å². The molecule has 2 N–H and O–H groups in total. The average molecular weight is 550 g/mol. The van der Waals surface area contributed by atoms with Gasteiger partial charge in [-0.1, -0.05) is 18.2 Å². The van der Waals surface area contributed by atoms with E-state index in [9.17, 15) is 23.2 Å². The van der Waals surface area contributed by atoms with Gasteiger partial charge in [0.25, 0.3) is 5.91 Å². The zero-order chi connectivity index (χ0) is 27.6. The van der Waals surface area contributed by atoms with Crippen LogP contribution in [0.3, 0.4) is 0 Å². The highest BCUT2D eigenvalue weighted by atomic mass is 32.2. The SMILES string of the molecule is Cc1cc(COc2ccc(S(=O)(=O)C[C@H]3[C@@H](C(=O)NO)CCN3C(=O)c3ccoc3)cc2)c2ccccc2n1.